The van der Waals surface area contributed by atoms with Crippen molar-refractivity contribution in [1.29, 1.82) is 0 Å². The normalized spacial score (nSPS) is 13.9. The topological polar surface area (TPSA) is 104 Å². The van der Waals surface area contributed by atoms with E-state index < -0.39 is 29.8 Å². The molecule has 0 saturated carbocycles. The lowest BCUT2D eigenvalue weighted by Crippen LogP contribution is -2.41. The van der Waals surface area contributed by atoms with E-state index in [9.17, 15) is 14.4 Å². The highest BCUT2D eigenvalue weighted by Gasteiger charge is 2.24. The number of carbonyl (C=O) groups is 3. The van der Waals surface area contributed by atoms with Crippen molar-refractivity contribution in [1.82, 2.24) is 5.32 Å². The lowest BCUT2D eigenvalue weighted by atomic mass is 9.98. The molecule has 0 unspecified atom stereocenters. The third-order valence-corrected chi connectivity index (χ3v) is 2.36. The molecule has 0 heterocycles. The van der Waals surface area contributed by atoms with Crippen molar-refractivity contribution in [3.05, 3.63) is 0 Å². The molecule has 0 aromatic rings. The summed E-state index contributed by atoms with van der Waals surface area (Å²) in [5.74, 6) is -3.16. The van der Waals surface area contributed by atoms with E-state index in [0.717, 1.165) is 0 Å². The number of alkyl halides is 1. The largest absolute Gasteiger partial charge is 0.481 e. The lowest BCUT2D eigenvalue weighted by molar-refractivity contribution is -0.143. The Balaban J connectivity index is 4.39. The number of aliphatic carboxylic acids is 2. The highest BCUT2D eigenvalue weighted by molar-refractivity contribution is 6.18. The number of hydrogen-bond donors (Lipinski definition) is 3. The molecule has 0 fully saturated rings. The molecule has 3 N–H and O–H groups in total. The molecule has 0 bridgehead atoms. The third kappa shape index (κ3) is 6.23. The average molecular weight is 252 g/mol. The molecular weight excluding hydrogens is 238 g/mol. The van der Waals surface area contributed by atoms with Crippen molar-refractivity contribution in [3.8, 4) is 0 Å². The number of carbonyl (C=O) groups excluding carboxylic acids is 1. The van der Waals surface area contributed by atoms with Gasteiger partial charge in [0.05, 0.1) is 0 Å². The molecule has 0 aliphatic rings. The van der Waals surface area contributed by atoms with E-state index in [1.165, 1.54) is 6.92 Å². The Morgan fingerprint density at radius 3 is 2.19 bits per heavy atom. The van der Waals surface area contributed by atoms with Gasteiger partial charge in [0.25, 0.3) is 0 Å². The molecule has 0 saturated heterocycles. The number of rotatable bonds is 7. The SMILES string of the molecule is CC(=O)N[C@@H](C[C@H](CCl)CC(=O)O)C(=O)O. The monoisotopic (exact) mass is 251 g/mol. The van der Waals surface area contributed by atoms with E-state index in [2.05, 4.69) is 5.32 Å². The molecule has 0 radical (unpaired) electrons. The van der Waals surface area contributed by atoms with Gasteiger partial charge in [0.15, 0.2) is 0 Å². The quantitative estimate of drug-likeness (QED) is 0.565. The number of halogens is 1. The van der Waals surface area contributed by atoms with Crippen LogP contribution in [0.25, 0.3) is 0 Å². The van der Waals surface area contributed by atoms with Gasteiger partial charge in [-0.05, 0) is 12.3 Å². The zero-order valence-electron chi connectivity index (χ0n) is 8.77. The van der Waals surface area contributed by atoms with Crippen LogP contribution in [0.4, 0.5) is 0 Å². The highest BCUT2D eigenvalue weighted by Crippen LogP contribution is 2.14. The third-order valence-electron chi connectivity index (χ3n) is 1.93. The smallest absolute Gasteiger partial charge is 0.326 e. The van der Waals surface area contributed by atoms with E-state index in [1.54, 1.807) is 0 Å². The molecule has 6 nitrogen and oxygen atoms in total. The molecule has 0 aromatic carbocycles. The van der Waals surface area contributed by atoms with Gasteiger partial charge in [-0.3, -0.25) is 9.59 Å². The van der Waals surface area contributed by atoms with Crippen LogP contribution in [0.1, 0.15) is 19.8 Å². The number of amides is 1. The van der Waals surface area contributed by atoms with Gasteiger partial charge in [0, 0.05) is 19.2 Å². The first-order chi connectivity index (χ1) is 7.36. The van der Waals surface area contributed by atoms with E-state index in [-0.39, 0.29) is 18.7 Å². The van der Waals surface area contributed by atoms with Gasteiger partial charge in [0.1, 0.15) is 6.04 Å². The minimum absolute atomic E-state index is 0.00468. The Bertz CT molecular complexity index is 281. The first-order valence-corrected chi connectivity index (χ1v) is 5.18. The Labute approximate surface area is 97.6 Å². The maximum absolute atomic E-state index is 10.8. The standard InChI is InChI=1S/C9H14ClNO5/c1-5(12)11-7(9(15)16)2-6(4-10)3-8(13)14/h6-7H,2-4H2,1H3,(H,11,12)(H,13,14)(H,15,16)/t6-,7-/m0/s1. The maximum Gasteiger partial charge on any atom is 0.326 e. The van der Waals surface area contributed by atoms with Crippen LogP contribution in [0.15, 0.2) is 0 Å². The van der Waals surface area contributed by atoms with Gasteiger partial charge >= 0.3 is 11.9 Å². The first-order valence-electron chi connectivity index (χ1n) is 4.64. The minimum atomic E-state index is -1.20. The van der Waals surface area contributed by atoms with Crippen LogP contribution >= 0.6 is 11.6 Å². The van der Waals surface area contributed by atoms with Gasteiger partial charge in [-0.1, -0.05) is 0 Å². The summed E-state index contributed by atoms with van der Waals surface area (Å²) >= 11 is 5.53. The van der Waals surface area contributed by atoms with Crippen molar-refractivity contribution in [2.45, 2.75) is 25.8 Å². The second kappa shape index (κ2) is 7.05. The predicted octanol–water partition coefficient (Wildman–Crippen LogP) is 0.295. The number of hydrogen-bond acceptors (Lipinski definition) is 3. The molecule has 0 aliphatic heterocycles. The van der Waals surface area contributed by atoms with Crippen LogP contribution in [0.3, 0.4) is 0 Å². The van der Waals surface area contributed by atoms with Crippen LogP contribution < -0.4 is 5.32 Å². The number of nitrogens with one attached hydrogen (secondary N) is 1. The van der Waals surface area contributed by atoms with Crippen LogP contribution in [-0.4, -0.2) is 40.0 Å². The molecule has 7 heteroatoms. The summed E-state index contributed by atoms with van der Waals surface area (Å²) in [7, 11) is 0. The Morgan fingerprint density at radius 2 is 1.88 bits per heavy atom. The fraction of sp³-hybridized carbons (Fsp3) is 0.667. The molecule has 0 aliphatic carbocycles. The summed E-state index contributed by atoms with van der Waals surface area (Å²) < 4.78 is 0. The average Bonchev–Trinajstić information content (AvgIpc) is 2.13. The molecule has 0 rings (SSSR count). The van der Waals surface area contributed by atoms with Crippen LogP contribution in [0, 0.1) is 5.92 Å². The highest BCUT2D eigenvalue weighted by atomic mass is 35.5. The van der Waals surface area contributed by atoms with Crippen molar-refractivity contribution >= 4 is 29.4 Å². The molecule has 92 valence electrons. The first kappa shape index (κ1) is 14.7. The van der Waals surface area contributed by atoms with Gasteiger partial charge in [-0.25, -0.2) is 4.79 Å². The molecule has 2 atom stereocenters. The van der Waals surface area contributed by atoms with Gasteiger partial charge in [0.2, 0.25) is 5.91 Å². The fourth-order valence-electron chi connectivity index (χ4n) is 1.25. The Kier molecular flexibility index (Phi) is 6.48. The van der Waals surface area contributed by atoms with E-state index in [1.807, 2.05) is 0 Å². The van der Waals surface area contributed by atoms with Crippen LogP contribution in [-0.2, 0) is 14.4 Å². The van der Waals surface area contributed by atoms with Crippen molar-refractivity contribution in [3.63, 3.8) is 0 Å². The predicted molar refractivity (Wildman–Crippen MR) is 56.3 cm³/mol. The zero-order chi connectivity index (χ0) is 12.7. The van der Waals surface area contributed by atoms with Crippen molar-refractivity contribution < 1.29 is 24.6 Å². The second-order valence-corrected chi connectivity index (χ2v) is 3.75. The van der Waals surface area contributed by atoms with Crippen molar-refractivity contribution in [2.75, 3.05) is 5.88 Å². The maximum atomic E-state index is 10.8. The fourth-order valence-corrected chi connectivity index (χ4v) is 1.48. The Morgan fingerprint density at radius 1 is 1.31 bits per heavy atom. The zero-order valence-corrected chi connectivity index (χ0v) is 9.53. The summed E-state index contributed by atoms with van der Waals surface area (Å²) in [6.45, 7) is 1.20. The molecule has 1 amide bonds. The van der Waals surface area contributed by atoms with Gasteiger partial charge < -0.3 is 15.5 Å². The lowest BCUT2D eigenvalue weighted by Gasteiger charge is -2.18. The number of carboxylic acids is 2. The summed E-state index contributed by atoms with van der Waals surface area (Å²) in [6, 6.07) is -1.10. The molecule has 0 spiro atoms. The molecule has 0 aromatic heterocycles. The van der Waals surface area contributed by atoms with E-state index in [4.69, 9.17) is 21.8 Å². The molecule has 16 heavy (non-hydrogen) atoms. The van der Waals surface area contributed by atoms with Crippen molar-refractivity contribution in [2.24, 2.45) is 5.92 Å². The second-order valence-electron chi connectivity index (χ2n) is 3.45. The summed E-state index contributed by atoms with van der Waals surface area (Å²) in [6.07, 6.45) is -0.211. The van der Waals surface area contributed by atoms with E-state index in [0.29, 0.717) is 0 Å². The molecular formula is C9H14ClNO5. The van der Waals surface area contributed by atoms with Gasteiger partial charge in [-0.15, -0.1) is 11.6 Å². The summed E-state index contributed by atoms with van der Waals surface area (Å²) in [5.41, 5.74) is 0. The number of carboxylic acid groups (broad SMARTS) is 2. The minimum Gasteiger partial charge on any atom is -0.481 e. The summed E-state index contributed by atoms with van der Waals surface area (Å²) in [4.78, 5) is 31.9. The van der Waals surface area contributed by atoms with Crippen LogP contribution in [0.5, 0.6) is 0 Å². The Hall–Kier alpha value is -1.30. The van der Waals surface area contributed by atoms with Gasteiger partial charge in [-0.2, -0.15) is 0 Å². The van der Waals surface area contributed by atoms with E-state index >= 15 is 0 Å². The van der Waals surface area contributed by atoms with Crippen LogP contribution in [0.2, 0.25) is 0 Å². The summed E-state index contributed by atoms with van der Waals surface area (Å²) in [5, 5.41) is 19.6.